The van der Waals surface area contributed by atoms with Crippen molar-refractivity contribution in [2.75, 3.05) is 13.7 Å². The molecule has 6 heteroatoms. The summed E-state index contributed by atoms with van der Waals surface area (Å²) >= 11 is 0. The molecule has 0 N–H and O–H groups in total. The van der Waals surface area contributed by atoms with E-state index in [0.29, 0.717) is 17.5 Å². The molecule has 0 spiro atoms. The Hall–Kier alpha value is -2.63. The van der Waals surface area contributed by atoms with Crippen LogP contribution in [-0.4, -0.2) is 34.4 Å². The molecule has 3 rings (SSSR count). The number of aromatic nitrogens is 2. The zero-order chi connectivity index (χ0) is 17.8. The lowest BCUT2D eigenvalue weighted by Crippen LogP contribution is -2.37. The first-order valence-electron chi connectivity index (χ1n) is 8.51. The third-order valence-corrected chi connectivity index (χ3v) is 4.32. The molecule has 6 nitrogen and oxygen atoms in total. The van der Waals surface area contributed by atoms with Crippen LogP contribution in [0.4, 0.5) is 0 Å². The van der Waals surface area contributed by atoms with Crippen LogP contribution >= 0.6 is 0 Å². The molecule has 1 aliphatic heterocycles. The number of ether oxygens (including phenoxy) is 2. The molecule has 1 aromatic carbocycles. The molecule has 1 amide bonds. The van der Waals surface area contributed by atoms with Crippen molar-refractivity contribution in [3.05, 3.63) is 41.9 Å². The molecule has 1 aliphatic rings. The summed E-state index contributed by atoms with van der Waals surface area (Å²) in [5.41, 5.74) is 0.817. The van der Waals surface area contributed by atoms with Gasteiger partial charge in [-0.1, -0.05) is 6.07 Å². The lowest BCUT2D eigenvalue weighted by molar-refractivity contribution is -0.132. The van der Waals surface area contributed by atoms with Gasteiger partial charge in [0.15, 0.2) is 5.82 Å². The van der Waals surface area contributed by atoms with Crippen molar-refractivity contribution in [3.63, 3.8) is 0 Å². The largest absolute Gasteiger partial charge is 0.497 e. The summed E-state index contributed by atoms with van der Waals surface area (Å²) in [6, 6.07) is 9.09. The van der Waals surface area contributed by atoms with Crippen molar-refractivity contribution < 1.29 is 14.3 Å². The molecule has 25 heavy (non-hydrogen) atoms. The molecule has 132 valence electrons. The van der Waals surface area contributed by atoms with E-state index in [1.165, 1.54) is 0 Å². The maximum Gasteiger partial charge on any atom is 0.222 e. The minimum Gasteiger partial charge on any atom is -0.497 e. The van der Waals surface area contributed by atoms with Gasteiger partial charge in [-0.2, -0.15) is 4.98 Å². The van der Waals surface area contributed by atoms with Crippen molar-refractivity contribution >= 4 is 5.91 Å². The molecule has 0 saturated carbocycles. The number of amides is 1. The van der Waals surface area contributed by atoms with Crippen LogP contribution in [0.25, 0.3) is 0 Å². The number of nitrogens with zero attached hydrogens (tertiary/aromatic N) is 3. The van der Waals surface area contributed by atoms with Gasteiger partial charge in [0.05, 0.1) is 13.2 Å². The van der Waals surface area contributed by atoms with E-state index in [0.717, 1.165) is 37.3 Å². The van der Waals surface area contributed by atoms with Crippen LogP contribution in [0, 0.1) is 6.92 Å². The Labute approximate surface area is 147 Å². The second-order valence-electron chi connectivity index (χ2n) is 6.21. The number of carbonyl (C=O) groups excluding carboxylic acids is 1. The van der Waals surface area contributed by atoms with E-state index < -0.39 is 0 Å². The lowest BCUT2D eigenvalue weighted by Gasteiger charge is -2.34. The molecule has 0 unspecified atom stereocenters. The molecule has 0 aliphatic carbocycles. The Morgan fingerprint density at radius 1 is 1.20 bits per heavy atom. The monoisotopic (exact) mass is 341 g/mol. The standard InChI is InChI=1S/C19H23N3O3/c1-13-11-18(25-16-8-6-7-15(12-16)24-3)21-19(20-13)17-9-4-5-10-22(17)14(2)23/h6-8,11-12,17H,4-5,9-10H2,1-3H3/t17-/m1/s1. The molecule has 0 bridgehead atoms. The van der Waals surface area contributed by atoms with Crippen LogP contribution in [0.3, 0.4) is 0 Å². The van der Waals surface area contributed by atoms with Gasteiger partial charge < -0.3 is 14.4 Å². The third kappa shape index (κ3) is 4.07. The summed E-state index contributed by atoms with van der Waals surface area (Å²) < 4.78 is 11.1. The Morgan fingerprint density at radius 2 is 2.00 bits per heavy atom. The smallest absolute Gasteiger partial charge is 0.222 e. The Balaban J connectivity index is 1.88. The summed E-state index contributed by atoms with van der Waals surface area (Å²) in [4.78, 5) is 22.9. The van der Waals surface area contributed by atoms with Crippen LogP contribution in [0.1, 0.15) is 43.7 Å². The minimum atomic E-state index is -0.0844. The summed E-state index contributed by atoms with van der Waals surface area (Å²) in [6.45, 7) is 4.26. The second-order valence-corrected chi connectivity index (χ2v) is 6.21. The zero-order valence-electron chi connectivity index (χ0n) is 14.9. The molecule has 2 heterocycles. The number of aryl methyl sites for hydroxylation is 1. The van der Waals surface area contributed by atoms with Gasteiger partial charge in [-0.25, -0.2) is 4.98 Å². The van der Waals surface area contributed by atoms with Crippen LogP contribution < -0.4 is 9.47 Å². The highest BCUT2D eigenvalue weighted by atomic mass is 16.5. The predicted molar refractivity (Wildman–Crippen MR) is 93.8 cm³/mol. The van der Waals surface area contributed by atoms with Crippen LogP contribution in [0.2, 0.25) is 0 Å². The van der Waals surface area contributed by atoms with Gasteiger partial charge in [-0.3, -0.25) is 4.79 Å². The fourth-order valence-corrected chi connectivity index (χ4v) is 3.13. The van der Waals surface area contributed by atoms with Gasteiger partial charge in [0.2, 0.25) is 11.8 Å². The maximum absolute atomic E-state index is 11.9. The average Bonchev–Trinajstić information content (AvgIpc) is 2.61. The lowest BCUT2D eigenvalue weighted by atomic mass is 10.0. The topological polar surface area (TPSA) is 64.6 Å². The highest BCUT2D eigenvalue weighted by Crippen LogP contribution is 2.31. The molecule has 0 radical (unpaired) electrons. The van der Waals surface area contributed by atoms with E-state index in [1.54, 1.807) is 26.2 Å². The van der Waals surface area contributed by atoms with Gasteiger partial charge in [0.25, 0.3) is 0 Å². The van der Waals surface area contributed by atoms with Gasteiger partial charge >= 0.3 is 0 Å². The first kappa shape index (κ1) is 17.2. The van der Waals surface area contributed by atoms with Gasteiger partial charge in [-0.05, 0) is 38.3 Å². The number of hydrogen-bond donors (Lipinski definition) is 0. The molecule has 1 atom stereocenters. The molecule has 1 fully saturated rings. The molecular weight excluding hydrogens is 318 g/mol. The number of piperidine rings is 1. The van der Waals surface area contributed by atoms with E-state index in [2.05, 4.69) is 9.97 Å². The molecular formula is C19H23N3O3. The predicted octanol–water partition coefficient (Wildman–Crippen LogP) is 3.66. The van der Waals surface area contributed by atoms with E-state index in [4.69, 9.17) is 9.47 Å². The second kappa shape index (κ2) is 7.51. The summed E-state index contributed by atoms with van der Waals surface area (Å²) in [7, 11) is 1.62. The number of likely N-dealkylation sites (tertiary alicyclic amines) is 1. The summed E-state index contributed by atoms with van der Waals surface area (Å²) in [5.74, 6) is 2.55. The fourth-order valence-electron chi connectivity index (χ4n) is 3.13. The first-order chi connectivity index (χ1) is 12.1. The third-order valence-electron chi connectivity index (χ3n) is 4.32. The molecule has 1 saturated heterocycles. The highest BCUT2D eigenvalue weighted by molar-refractivity contribution is 5.73. The molecule has 2 aromatic rings. The van der Waals surface area contributed by atoms with E-state index in [1.807, 2.05) is 30.0 Å². The Morgan fingerprint density at radius 3 is 2.76 bits per heavy atom. The van der Waals surface area contributed by atoms with Crippen LogP contribution in [0.5, 0.6) is 17.4 Å². The van der Waals surface area contributed by atoms with E-state index >= 15 is 0 Å². The van der Waals surface area contributed by atoms with Crippen LogP contribution in [0.15, 0.2) is 30.3 Å². The van der Waals surface area contributed by atoms with E-state index in [9.17, 15) is 4.79 Å². The van der Waals surface area contributed by atoms with Crippen molar-refractivity contribution in [1.29, 1.82) is 0 Å². The van der Waals surface area contributed by atoms with Crippen LogP contribution in [-0.2, 0) is 4.79 Å². The van der Waals surface area contributed by atoms with Crippen molar-refractivity contribution in [1.82, 2.24) is 14.9 Å². The maximum atomic E-state index is 11.9. The first-order valence-corrected chi connectivity index (χ1v) is 8.51. The summed E-state index contributed by atoms with van der Waals surface area (Å²) in [6.07, 6.45) is 2.97. The normalized spacial score (nSPS) is 17.2. The quantitative estimate of drug-likeness (QED) is 0.849. The van der Waals surface area contributed by atoms with Gasteiger partial charge in [0.1, 0.15) is 11.5 Å². The number of hydrogen-bond acceptors (Lipinski definition) is 5. The number of benzene rings is 1. The number of methoxy groups -OCH3 is 1. The van der Waals surface area contributed by atoms with Crippen molar-refractivity contribution in [3.8, 4) is 17.4 Å². The summed E-state index contributed by atoms with van der Waals surface area (Å²) in [5, 5.41) is 0. The Kier molecular flexibility index (Phi) is 5.16. The van der Waals surface area contributed by atoms with Gasteiger partial charge in [-0.15, -0.1) is 0 Å². The van der Waals surface area contributed by atoms with Crippen molar-refractivity contribution in [2.45, 2.75) is 39.2 Å². The minimum absolute atomic E-state index is 0.0603. The van der Waals surface area contributed by atoms with Crippen molar-refractivity contribution in [2.24, 2.45) is 0 Å². The number of rotatable bonds is 4. The fraction of sp³-hybridized carbons (Fsp3) is 0.421. The highest BCUT2D eigenvalue weighted by Gasteiger charge is 2.28. The molecule has 1 aromatic heterocycles. The number of carbonyl (C=O) groups is 1. The SMILES string of the molecule is COc1cccc(Oc2cc(C)nc([C@H]3CCCCN3C(C)=O)n2)c1. The van der Waals surface area contributed by atoms with E-state index in [-0.39, 0.29) is 11.9 Å². The zero-order valence-corrected chi connectivity index (χ0v) is 14.9. The average molecular weight is 341 g/mol. The Bertz CT molecular complexity index is 763. The van der Waals surface area contributed by atoms with Gasteiger partial charge in [0, 0.05) is 31.3 Å².